The third kappa shape index (κ3) is 2.76. The van der Waals surface area contributed by atoms with Gasteiger partial charge in [0.05, 0.1) is 18.1 Å². The average molecular weight is 352 g/mol. The van der Waals surface area contributed by atoms with Gasteiger partial charge in [-0.2, -0.15) is 9.78 Å². The summed E-state index contributed by atoms with van der Waals surface area (Å²) in [5.41, 5.74) is 2.38. The molecule has 4 rings (SSSR count). The van der Waals surface area contributed by atoms with Gasteiger partial charge in [-0.3, -0.25) is 0 Å². The molecule has 0 saturated carbocycles. The van der Waals surface area contributed by atoms with Crippen molar-refractivity contribution in [1.29, 1.82) is 0 Å². The van der Waals surface area contributed by atoms with Crippen molar-refractivity contribution < 1.29 is 9.84 Å². The number of hydrogen-bond acceptors (Lipinski definition) is 6. The van der Waals surface area contributed by atoms with Gasteiger partial charge in [-0.25, -0.2) is 0 Å². The first-order valence-corrected chi connectivity index (χ1v) is 8.69. The van der Waals surface area contributed by atoms with Crippen molar-refractivity contribution in [2.24, 2.45) is 5.10 Å². The van der Waals surface area contributed by atoms with Crippen molar-refractivity contribution in [2.75, 3.05) is 7.11 Å². The van der Waals surface area contributed by atoms with E-state index in [4.69, 9.17) is 9.84 Å². The van der Waals surface area contributed by atoms with Gasteiger partial charge in [0.25, 0.3) is 0 Å². The van der Waals surface area contributed by atoms with Crippen molar-refractivity contribution in [3.05, 3.63) is 54.1 Å². The van der Waals surface area contributed by atoms with Crippen LogP contribution >= 0.6 is 11.8 Å². The van der Waals surface area contributed by atoms with E-state index in [1.54, 1.807) is 35.7 Å². The van der Waals surface area contributed by atoms with E-state index in [-0.39, 0.29) is 11.0 Å². The molecule has 3 aromatic rings. The van der Waals surface area contributed by atoms with Crippen LogP contribution in [0.1, 0.15) is 12.5 Å². The van der Waals surface area contributed by atoms with Crippen LogP contribution in [0.5, 0.6) is 11.5 Å². The number of fused-ring (bicyclic) bond motifs is 1. The molecule has 0 unspecified atom stereocenters. The minimum Gasteiger partial charge on any atom is -0.507 e. The van der Waals surface area contributed by atoms with E-state index < -0.39 is 0 Å². The molecule has 6 nitrogen and oxygen atoms in total. The zero-order chi connectivity index (χ0) is 17.4. The van der Waals surface area contributed by atoms with Gasteiger partial charge in [-0.15, -0.1) is 10.2 Å². The maximum absolute atomic E-state index is 10.2. The Kier molecular flexibility index (Phi) is 3.93. The lowest BCUT2D eigenvalue weighted by atomic mass is 10.1. The Morgan fingerprint density at radius 3 is 2.76 bits per heavy atom. The highest BCUT2D eigenvalue weighted by Gasteiger charge is 2.27. The third-order valence-electron chi connectivity index (χ3n) is 4.00. The molecule has 25 heavy (non-hydrogen) atoms. The molecule has 0 bridgehead atoms. The predicted molar refractivity (Wildman–Crippen MR) is 97.4 cm³/mol. The van der Waals surface area contributed by atoms with Gasteiger partial charge in [0.2, 0.25) is 5.16 Å². The molecule has 1 atom stereocenters. The van der Waals surface area contributed by atoms with E-state index in [1.807, 2.05) is 43.3 Å². The number of thioether (sulfide) groups is 1. The predicted octanol–water partition coefficient (Wildman–Crippen LogP) is 3.41. The minimum atomic E-state index is 0.0585. The van der Waals surface area contributed by atoms with Gasteiger partial charge in [-0.1, -0.05) is 36.0 Å². The van der Waals surface area contributed by atoms with Gasteiger partial charge in [-0.05, 0) is 31.2 Å². The summed E-state index contributed by atoms with van der Waals surface area (Å²) in [7, 11) is 1.63. The number of para-hydroxylation sites is 1. The molecular weight excluding hydrogens is 336 g/mol. The Morgan fingerprint density at radius 1 is 1.12 bits per heavy atom. The smallest absolute Gasteiger partial charge is 0.213 e. The van der Waals surface area contributed by atoms with Crippen LogP contribution in [-0.2, 0) is 0 Å². The van der Waals surface area contributed by atoms with Gasteiger partial charge in [0.15, 0.2) is 5.82 Å². The van der Waals surface area contributed by atoms with Crippen LogP contribution in [0.2, 0.25) is 0 Å². The van der Waals surface area contributed by atoms with Crippen LogP contribution < -0.4 is 4.74 Å². The summed E-state index contributed by atoms with van der Waals surface area (Å²) in [6.45, 7) is 2.04. The molecule has 0 saturated heterocycles. The molecule has 0 aliphatic carbocycles. The second-order valence-corrected chi connectivity index (χ2v) is 6.92. The topological polar surface area (TPSA) is 72.5 Å². The highest BCUT2D eigenvalue weighted by Crippen LogP contribution is 2.34. The van der Waals surface area contributed by atoms with Crippen molar-refractivity contribution >= 4 is 17.5 Å². The molecule has 0 spiro atoms. The second kappa shape index (κ2) is 6.25. The summed E-state index contributed by atoms with van der Waals surface area (Å²) in [5.74, 6) is 1.60. The Balaban J connectivity index is 1.84. The average Bonchev–Trinajstić information content (AvgIpc) is 3.04. The molecule has 0 fully saturated rings. The van der Waals surface area contributed by atoms with Gasteiger partial charge in [0, 0.05) is 11.1 Å². The van der Waals surface area contributed by atoms with E-state index in [2.05, 4.69) is 10.2 Å². The first-order chi connectivity index (χ1) is 12.2. The summed E-state index contributed by atoms with van der Waals surface area (Å²) >= 11 is 1.57. The molecule has 2 aromatic carbocycles. The second-order valence-electron chi connectivity index (χ2n) is 5.61. The number of aromatic hydroxyl groups is 1. The molecular formula is C18H16N4O2S. The lowest BCUT2D eigenvalue weighted by molar-refractivity contribution is 0.415. The summed E-state index contributed by atoms with van der Waals surface area (Å²) in [6.07, 6.45) is 0. The molecule has 7 heteroatoms. The Bertz CT molecular complexity index is 967. The van der Waals surface area contributed by atoms with Gasteiger partial charge in [0.1, 0.15) is 11.5 Å². The highest BCUT2D eigenvalue weighted by atomic mass is 32.2. The number of rotatable bonds is 3. The quantitative estimate of drug-likeness (QED) is 0.782. The van der Waals surface area contributed by atoms with Crippen LogP contribution in [0.25, 0.3) is 11.4 Å². The van der Waals surface area contributed by atoms with Crippen LogP contribution in [0.4, 0.5) is 0 Å². The zero-order valence-electron chi connectivity index (χ0n) is 13.7. The van der Waals surface area contributed by atoms with Gasteiger partial charge >= 0.3 is 0 Å². The summed E-state index contributed by atoms with van der Waals surface area (Å²) < 4.78 is 7.01. The molecule has 0 radical (unpaired) electrons. The van der Waals surface area contributed by atoms with E-state index in [0.717, 1.165) is 27.7 Å². The largest absolute Gasteiger partial charge is 0.507 e. The fourth-order valence-corrected chi connectivity index (χ4v) is 3.65. The molecule has 1 aliphatic rings. The van der Waals surface area contributed by atoms with Crippen LogP contribution in [0.15, 0.2) is 58.8 Å². The van der Waals surface area contributed by atoms with E-state index in [0.29, 0.717) is 5.82 Å². The third-order valence-corrected chi connectivity index (χ3v) is 5.04. The Hall–Kier alpha value is -2.80. The number of ether oxygens (including phenoxy) is 1. The Labute approximate surface area is 149 Å². The van der Waals surface area contributed by atoms with Crippen LogP contribution in [0.3, 0.4) is 0 Å². The fourth-order valence-electron chi connectivity index (χ4n) is 2.74. The minimum absolute atomic E-state index is 0.0585. The number of methoxy groups -OCH3 is 1. The standard InChI is InChI=1S/C18H16N4O2S/c1-11-16(14-8-3-4-9-15(14)23)21-22-17(19-20-18(22)25-11)12-6-5-7-13(10-12)24-2/h3-11,23H,1-2H3/t11-/m1/s1. The van der Waals surface area contributed by atoms with Gasteiger partial charge < -0.3 is 9.84 Å². The monoisotopic (exact) mass is 352 g/mol. The van der Waals surface area contributed by atoms with E-state index in [9.17, 15) is 5.11 Å². The first-order valence-electron chi connectivity index (χ1n) is 7.81. The molecule has 1 aromatic heterocycles. The van der Waals surface area contributed by atoms with Crippen LogP contribution in [-0.4, -0.2) is 38.1 Å². The Morgan fingerprint density at radius 2 is 1.96 bits per heavy atom. The number of hydrogen-bond donors (Lipinski definition) is 1. The summed E-state index contributed by atoms with van der Waals surface area (Å²) in [5, 5.41) is 24.3. The molecule has 2 heterocycles. The zero-order valence-corrected chi connectivity index (χ0v) is 14.6. The summed E-state index contributed by atoms with van der Waals surface area (Å²) in [6, 6.07) is 14.8. The van der Waals surface area contributed by atoms with Crippen molar-refractivity contribution in [3.8, 4) is 22.9 Å². The fraction of sp³-hybridized carbons (Fsp3) is 0.167. The molecule has 1 N–H and O–H groups in total. The summed E-state index contributed by atoms with van der Waals surface area (Å²) in [4.78, 5) is 0. The van der Waals surface area contributed by atoms with E-state index >= 15 is 0 Å². The molecule has 126 valence electrons. The number of aromatic nitrogens is 3. The number of benzene rings is 2. The SMILES string of the molecule is COc1cccc(-c2nnc3n2N=C(c2ccccc2O)[C@@H](C)S3)c1. The maximum Gasteiger partial charge on any atom is 0.213 e. The normalized spacial score (nSPS) is 16.2. The van der Waals surface area contributed by atoms with Crippen molar-refractivity contribution in [1.82, 2.24) is 14.9 Å². The van der Waals surface area contributed by atoms with E-state index in [1.165, 1.54) is 0 Å². The van der Waals surface area contributed by atoms with Crippen molar-refractivity contribution in [2.45, 2.75) is 17.3 Å². The lowest BCUT2D eigenvalue weighted by Crippen LogP contribution is -2.21. The maximum atomic E-state index is 10.2. The van der Waals surface area contributed by atoms with Crippen LogP contribution in [0, 0.1) is 0 Å². The number of phenolic OH excluding ortho intramolecular Hbond substituents is 1. The van der Waals surface area contributed by atoms with Crippen molar-refractivity contribution in [3.63, 3.8) is 0 Å². The highest BCUT2D eigenvalue weighted by molar-refractivity contribution is 8.00. The molecule has 1 aliphatic heterocycles. The lowest BCUT2D eigenvalue weighted by Gasteiger charge is -2.20. The number of nitrogens with zero attached hydrogens (tertiary/aromatic N) is 4. The molecule has 0 amide bonds. The first kappa shape index (κ1) is 15.7. The number of phenols is 1.